The minimum Gasteiger partial charge on any atom is -0.396 e. The van der Waals surface area contributed by atoms with Gasteiger partial charge in [0.05, 0.1) is 0 Å². The first-order valence-corrected chi connectivity index (χ1v) is 7.07. The number of halogens is 1. The quantitative estimate of drug-likeness (QED) is 0.809. The van der Waals surface area contributed by atoms with Crippen LogP contribution in [0.4, 0.5) is 5.82 Å². The van der Waals surface area contributed by atoms with Crippen LogP contribution >= 0.6 is 11.6 Å². The average molecular weight is 286 g/mol. The lowest BCUT2D eigenvalue weighted by Crippen LogP contribution is -2.22. The van der Waals surface area contributed by atoms with Crippen LogP contribution in [-0.4, -0.2) is 41.4 Å². The van der Waals surface area contributed by atoms with E-state index in [1.54, 1.807) is 6.07 Å². The highest BCUT2D eigenvalue weighted by Gasteiger charge is 2.23. The van der Waals surface area contributed by atoms with Crippen LogP contribution in [0.1, 0.15) is 25.6 Å². The van der Waals surface area contributed by atoms with Crippen molar-refractivity contribution in [1.82, 2.24) is 9.97 Å². The van der Waals surface area contributed by atoms with Crippen molar-refractivity contribution in [3.05, 3.63) is 17.0 Å². The molecule has 1 unspecified atom stereocenters. The van der Waals surface area contributed by atoms with Gasteiger partial charge in [-0.2, -0.15) is 0 Å². The van der Waals surface area contributed by atoms with Gasteiger partial charge in [-0.05, 0) is 25.7 Å². The standard InChI is InChI=1S/C13H20ClN3O2/c1-2-19-9-12-15-11(14)7-13(16-12)17-5-3-10(8-17)4-6-18/h7,10,18H,2-6,8-9H2,1H3. The van der Waals surface area contributed by atoms with Crippen molar-refractivity contribution in [2.24, 2.45) is 5.92 Å². The average Bonchev–Trinajstić information content (AvgIpc) is 2.85. The number of rotatable bonds is 6. The van der Waals surface area contributed by atoms with Crippen molar-refractivity contribution >= 4 is 17.4 Å². The fourth-order valence-corrected chi connectivity index (χ4v) is 2.53. The van der Waals surface area contributed by atoms with Gasteiger partial charge < -0.3 is 14.7 Å². The Morgan fingerprint density at radius 2 is 2.37 bits per heavy atom. The van der Waals surface area contributed by atoms with Crippen LogP contribution in [0.5, 0.6) is 0 Å². The molecule has 0 bridgehead atoms. The Bertz CT molecular complexity index is 417. The van der Waals surface area contributed by atoms with Crippen molar-refractivity contribution in [3.8, 4) is 0 Å². The van der Waals surface area contributed by atoms with E-state index in [1.807, 2.05) is 6.92 Å². The SMILES string of the molecule is CCOCc1nc(Cl)cc(N2CCC(CCO)C2)n1. The predicted molar refractivity (Wildman–Crippen MR) is 74.4 cm³/mol. The zero-order valence-electron chi connectivity index (χ0n) is 11.2. The normalized spacial score (nSPS) is 19.1. The third-order valence-electron chi connectivity index (χ3n) is 3.31. The summed E-state index contributed by atoms with van der Waals surface area (Å²) in [6.07, 6.45) is 1.93. The smallest absolute Gasteiger partial charge is 0.158 e. The second kappa shape index (κ2) is 7.03. The van der Waals surface area contributed by atoms with E-state index < -0.39 is 0 Å². The summed E-state index contributed by atoms with van der Waals surface area (Å²) in [4.78, 5) is 10.8. The van der Waals surface area contributed by atoms with E-state index in [1.165, 1.54) is 0 Å². The highest BCUT2D eigenvalue weighted by atomic mass is 35.5. The maximum absolute atomic E-state index is 8.99. The summed E-state index contributed by atoms with van der Waals surface area (Å²) in [6.45, 7) is 5.07. The Labute approximate surface area is 118 Å². The molecule has 1 fully saturated rings. The van der Waals surface area contributed by atoms with Gasteiger partial charge in [0, 0.05) is 32.4 Å². The third kappa shape index (κ3) is 4.03. The molecule has 0 aromatic carbocycles. The molecule has 1 aromatic heterocycles. The predicted octanol–water partition coefficient (Wildman–Crippen LogP) is 1.88. The van der Waals surface area contributed by atoms with E-state index in [-0.39, 0.29) is 6.61 Å². The largest absolute Gasteiger partial charge is 0.396 e. The lowest BCUT2D eigenvalue weighted by molar-refractivity contribution is 0.128. The molecule has 1 saturated heterocycles. The Morgan fingerprint density at radius 3 is 3.11 bits per heavy atom. The molecule has 1 aliphatic heterocycles. The Balaban J connectivity index is 2.05. The maximum Gasteiger partial charge on any atom is 0.158 e. The van der Waals surface area contributed by atoms with E-state index in [9.17, 15) is 0 Å². The Morgan fingerprint density at radius 1 is 1.53 bits per heavy atom. The van der Waals surface area contributed by atoms with Gasteiger partial charge in [0.25, 0.3) is 0 Å². The van der Waals surface area contributed by atoms with Crippen molar-refractivity contribution in [1.29, 1.82) is 0 Å². The van der Waals surface area contributed by atoms with Crippen molar-refractivity contribution in [3.63, 3.8) is 0 Å². The number of ether oxygens (including phenoxy) is 1. The highest BCUT2D eigenvalue weighted by Crippen LogP contribution is 2.25. The first-order valence-electron chi connectivity index (χ1n) is 6.70. The van der Waals surface area contributed by atoms with Crippen molar-refractivity contribution in [2.75, 3.05) is 31.2 Å². The number of aromatic nitrogens is 2. The molecule has 1 N–H and O–H groups in total. The summed E-state index contributed by atoms with van der Waals surface area (Å²) in [5.74, 6) is 2.01. The molecule has 0 radical (unpaired) electrons. The minimum atomic E-state index is 0.249. The lowest BCUT2D eigenvalue weighted by atomic mass is 10.1. The second-order valence-electron chi connectivity index (χ2n) is 4.72. The van der Waals surface area contributed by atoms with E-state index in [0.717, 1.165) is 31.7 Å². The molecule has 1 aliphatic rings. The van der Waals surface area contributed by atoms with Crippen LogP contribution in [0, 0.1) is 5.92 Å². The van der Waals surface area contributed by atoms with E-state index in [4.69, 9.17) is 21.4 Å². The summed E-state index contributed by atoms with van der Waals surface area (Å²) in [6, 6.07) is 1.79. The number of hydrogen-bond donors (Lipinski definition) is 1. The van der Waals surface area contributed by atoms with Gasteiger partial charge in [-0.25, -0.2) is 9.97 Å². The first-order chi connectivity index (χ1) is 9.22. The molecule has 0 aliphatic carbocycles. The van der Waals surface area contributed by atoms with Crippen LogP contribution in [0.2, 0.25) is 5.15 Å². The van der Waals surface area contributed by atoms with Crippen LogP contribution in [0.3, 0.4) is 0 Å². The molecule has 5 nitrogen and oxygen atoms in total. The van der Waals surface area contributed by atoms with Gasteiger partial charge >= 0.3 is 0 Å². The Kier molecular flexibility index (Phi) is 5.36. The minimum absolute atomic E-state index is 0.249. The summed E-state index contributed by atoms with van der Waals surface area (Å²) < 4.78 is 5.32. The second-order valence-corrected chi connectivity index (χ2v) is 5.10. The topological polar surface area (TPSA) is 58.5 Å². The zero-order valence-corrected chi connectivity index (χ0v) is 11.9. The van der Waals surface area contributed by atoms with E-state index >= 15 is 0 Å². The molecule has 0 saturated carbocycles. The highest BCUT2D eigenvalue weighted by molar-refractivity contribution is 6.29. The van der Waals surface area contributed by atoms with Gasteiger partial charge in [-0.3, -0.25) is 0 Å². The number of aliphatic hydroxyl groups excluding tert-OH is 1. The summed E-state index contributed by atoms with van der Waals surface area (Å²) in [7, 11) is 0. The van der Waals surface area contributed by atoms with Crippen LogP contribution in [0.15, 0.2) is 6.07 Å². The maximum atomic E-state index is 8.99. The van der Waals surface area contributed by atoms with Crippen LogP contribution < -0.4 is 4.90 Å². The molecule has 2 rings (SSSR count). The molecular formula is C13H20ClN3O2. The molecule has 0 spiro atoms. The Hall–Kier alpha value is -0.910. The molecule has 0 amide bonds. The number of hydrogen-bond acceptors (Lipinski definition) is 5. The molecule has 106 valence electrons. The zero-order chi connectivity index (χ0) is 13.7. The molecule has 6 heteroatoms. The van der Waals surface area contributed by atoms with Crippen LogP contribution in [-0.2, 0) is 11.3 Å². The lowest BCUT2D eigenvalue weighted by Gasteiger charge is -2.18. The van der Waals surface area contributed by atoms with Gasteiger partial charge in [-0.15, -0.1) is 0 Å². The van der Waals surface area contributed by atoms with Gasteiger partial charge in [0.15, 0.2) is 5.82 Å². The molecule has 1 aromatic rings. The molecular weight excluding hydrogens is 266 g/mol. The van der Waals surface area contributed by atoms with Gasteiger partial charge in [0.2, 0.25) is 0 Å². The number of nitrogens with zero attached hydrogens (tertiary/aromatic N) is 3. The fraction of sp³-hybridized carbons (Fsp3) is 0.692. The summed E-state index contributed by atoms with van der Waals surface area (Å²) in [5.41, 5.74) is 0. The fourth-order valence-electron chi connectivity index (χ4n) is 2.33. The van der Waals surface area contributed by atoms with Crippen molar-refractivity contribution < 1.29 is 9.84 Å². The molecule has 2 heterocycles. The van der Waals surface area contributed by atoms with E-state index in [0.29, 0.717) is 30.1 Å². The van der Waals surface area contributed by atoms with Gasteiger partial charge in [0.1, 0.15) is 17.6 Å². The summed E-state index contributed by atoms with van der Waals surface area (Å²) >= 11 is 6.03. The van der Waals surface area contributed by atoms with Crippen LogP contribution in [0.25, 0.3) is 0 Å². The van der Waals surface area contributed by atoms with Gasteiger partial charge in [-0.1, -0.05) is 11.6 Å². The van der Waals surface area contributed by atoms with Crippen molar-refractivity contribution in [2.45, 2.75) is 26.4 Å². The summed E-state index contributed by atoms with van der Waals surface area (Å²) in [5, 5.41) is 9.44. The number of aliphatic hydroxyl groups is 1. The first kappa shape index (κ1) is 14.5. The molecule has 1 atom stereocenters. The third-order valence-corrected chi connectivity index (χ3v) is 3.50. The molecule has 19 heavy (non-hydrogen) atoms. The number of anilines is 1. The monoisotopic (exact) mass is 285 g/mol. The van der Waals surface area contributed by atoms with E-state index in [2.05, 4.69) is 14.9 Å².